The van der Waals surface area contributed by atoms with Crippen molar-refractivity contribution in [1.82, 2.24) is 4.98 Å². The Morgan fingerprint density at radius 3 is 2.74 bits per heavy atom. The first-order chi connectivity index (χ1) is 8.95. The summed E-state index contributed by atoms with van der Waals surface area (Å²) in [5.74, 6) is -0.165. The van der Waals surface area contributed by atoms with E-state index in [4.69, 9.17) is 0 Å². The molecule has 1 aliphatic carbocycles. The Hall–Kier alpha value is -1.63. The summed E-state index contributed by atoms with van der Waals surface area (Å²) in [6.07, 6.45) is -2.76. The van der Waals surface area contributed by atoms with E-state index >= 15 is 0 Å². The lowest BCUT2D eigenvalue weighted by Gasteiger charge is -2.06. The van der Waals surface area contributed by atoms with E-state index in [2.05, 4.69) is 10.3 Å². The Bertz CT molecular complexity index is 646. The Morgan fingerprint density at radius 2 is 2.11 bits per heavy atom. The lowest BCUT2D eigenvalue weighted by Crippen LogP contribution is -2.13. The van der Waals surface area contributed by atoms with E-state index in [0.717, 1.165) is 30.2 Å². The molecule has 1 fully saturated rings. The Balaban J connectivity index is 1.98. The number of para-hydroxylation sites is 1. The maximum absolute atomic E-state index is 12.8. The van der Waals surface area contributed by atoms with Gasteiger partial charge in [-0.2, -0.15) is 13.2 Å². The maximum Gasteiger partial charge on any atom is 0.418 e. The van der Waals surface area contributed by atoms with Gasteiger partial charge in [0, 0.05) is 5.92 Å². The van der Waals surface area contributed by atoms with Gasteiger partial charge in [0.15, 0.2) is 5.13 Å². The third kappa shape index (κ3) is 2.42. The molecule has 0 spiro atoms. The SMILES string of the molecule is O=C(Nc1nc2c(C(F)(F)F)cccc2s1)C1CC1. The van der Waals surface area contributed by atoms with Crippen molar-refractivity contribution >= 4 is 32.6 Å². The molecule has 0 saturated heterocycles. The minimum absolute atomic E-state index is 0.00546. The molecule has 1 amide bonds. The molecule has 19 heavy (non-hydrogen) atoms. The molecule has 0 unspecified atom stereocenters. The third-order valence-electron chi connectivity index (χ3n) is 2.90. The van der Waals surface area contributed by atoms with E-state index in [1.807, 2.05) is 0 Å². The van der Waals surface area contributed by atoms with Crippen molar-refractivity contribution in [2.45, 2.75) is 19.0 Å². The minimum atomic E-state index is -4.44. The molecule has 3 nitrogen and oxygen atoms in total. The monoisotopic (exact) mass is 286 g/mol. The van der Waals surface area contributed by atoms with Crippen LogP contribution in [0, 0.1) is 5.92 Å². The van der Waals surface area contributed by atoms with E-state index in [1.165, 1.54) is 6.07 Å². The van der Waals surface area contributed by atoms with Crippen LogP contribution in [0.5, 0.6) is 0 Å². The number of thiazole rings is 1. The van der Waals surface area contributed by atoms with Gasteiger partial charge in [-0.05, 0) is 25.0 Å². The van der Waals surface area contributed by atoms with Gasteiger partial charge in [-0.1, -0.05) is 17.4 Å². The highest BCUT2D eigenvalue weighted by Crippen LogP contribution is 2.38. The van der Waals surface area contributed by atoms with Crippen LogP contribution in [0.25, 0.3) is 10.2 Å². The number of fused-ring (bicyclic) bond motifs is 1. The molecular weight excluding hydrogens is 277 g/mol. The molecule has 1 heterocycles. The fourth-order valence-electron chi connectivity index (χ4n) is 1.78. The molecule has 2 aromatic rings. The molecule has 1 aliphatic rings. The lowest BCUT2D eigenvalue weighted by atomic mass is 10.2. The van der Waals surface area contributed by atoms with Gasteiger partial charge in [-0.3, -0.25) is 4.79 Å². The number of benzene rings is 1. The summed E-state index contributed by atoms with van der Waals surface area (Å²) in [5.41, 5.74) is -0.876. The second-order valence-electron chi connectivity index (χ2n) is 4.43. The van der Waals surface area contributed by atoms with Crippen LogP contribution >= 0.6 is 11.3 Å². The molecule has 0 bridgehead atoms. The number of nitrogens with zero attached hydrogens (tertiary/aromatic N) is 1. The molecule has 1 saturated carbocycles. The summed E-state index contributed by atoms with van der Waals surface area (Å²) in [6.45, 7) is 0. The van der Waals surface area contributed by atoms with Crippen LogP contribution in [0.4, 0.5) is 18.3 Å². The van der Waals surface area contributed by atoms with Crippen molar-refractivity contribution in [3.8, 4) is 0 Å². The lowest BCUT2D eigenvalue weighted by molar-refractivity contribution is -0.136. The summed E-state index contributed by atoms with van der Waals surface area (Å²) in [7, 11) is 0. The van der Waals surface area contributed by atoms with Crippen LogP contribution in [0.1, 0.15) is 18.4 Å². The van der Waals surface area contributed by atoms with Crippen molar-refractivity contribution in [2.24, 2.45) is 5.92 Å². The molecule has 0 radical (unpaired) electrons. The average molecular weight is 286 g/mol. The smallest absolute Gasteiger partial charge is 0.302 e. The fraction of sp³-hybridized carbons (Fsp3) is 0.333. The van der Waals surface area contributed by atoms with Gasteiger partial charge in [0.25, 0.3) is 0 Å². The van der Waals surface area contributed by atoms with Gasteiger partial charge in [-0.15, -0.1) is 0 Å². The molecule has 1 aromatic carbocycles. The van der Waals surface area contributed by atoms with Crippen LogP contribution in [0.15, 0.2) is 18.2 Å². The van der Waals surface area contributed by atoms with Crippen molar-refractivity contribution < 1.29 is 18.0 Å². The average Bonchev–Trinajstić information content (AvgIpc) is 3.08. The fourth-order valence-corrected chi connectivity index (χ4v) is 2.68. The molecule has 0 aliphatic heterocycles. The number of aromatic nitrogens is 1. The van der Waals surface area contributed by atoms with Crippen LogP contribution < -0.4 is 5.32 Å². The number of carbonyl (C=O) groups is 1. The number of rotatable bonds is 2. The third-order valence-corrected chi connectivity index (χ3v) is 3.84. The van der Waals surface area contributed by atoms with Crippen LogP contribution in [0.2, 0.25) is 0 Å². The second-order valence-corrected chi connectivity index (χ2v) is 5.46. The van der Waals surface area contributed by atoms with Crippen molar-refractivity contribution in [3.63, 3.8) is 0 Å². The highest BCUT2D eigenvalue weighted by molar-refractivity contribution is 7.22. The maximum atomic E-state index is 12.8. The zero-order valence-electron chi connectivity index (χ0n) is 9.62. The number of carbonyl (C=O) groups excluding carboxylic acids is 1. The van der Waals surface area contributed by atoms with Gasteiger partial charge < -0.3 is 5.32 Å². The van der Waals surface area contributed by atoms with Crippen LogP contribution in [-0.4, -0.2) is 10.9 Å². The summed E-state index contributed by atoms with van der Waals surface area (Å²) >= 11 is 1.06. The van der Waals surface area contributed by atoms with Crippen molar-refractivity contribution in [2.75, 3.05) is 5.32 Å². The first kappa shape index (κ1) is 12.4. The number of anilines is 1. The molecule has 7 heteroatoms. The van der Waals surface area contributed by atoms with Crippen molar-refractivity contribution in [1.29, 1.82) is 0 Å². The largest absolute Gasteiger partial charge is 0.418 e. The van der Waals surface area contributed by atoms with E-state index in [1.54, 1.807) is 6.07 Å². The molecule has 0 atom stereocenters. The molecular formula is C12H9F3N2OS. The summed E-state index contributed by atoms with van der Waals surface area (Å²) in [6, 6.07) is 3.90. The van der Waals surface area contributed by atoms with E-state index < -0.39 is 11.7 Å². The number of amides is 1. The first-order valence-electron chi connectivity index (χ1n) is 5.73. The topological polar surface area (TPSA) is 42.0 Å². The van der Waals surface area contributed by atoms with Crippen LogP contribution in [0.3, 0.4) is 0 Å². The normalized spacial score (nSPS) is 15.7. The first-order valence-corrected chi connectivity index (χ1v) is 6.54. The van der Waals surface area contributed by atoms with Gasteiger partial charge in [-0.25, -0.2) is 4.98 Å². The number of halogens is 3. The molecule has 3 rings (SSSR count). The standard InChI is InChI=1S/C12H9F3N2OS/c13-12(14,15)7-2-1-3-8-9(7)16-11(19-8)17-10(18)6-4-5-6/h1-3,6H,4-5H2,(H,16,17,18). The zero-order chi connectivity index (χ0) is 13.6. The minimum Gasteiger partial charge on any atom is -0.302 e. The molecule has 1 N–H and O–H groups in total. The van der Waals surface area contributed by atoms with Crippen molar-refractivity contribution in [3.05, 3.63) is 23.8 Å². The van der Waals surface area contributed by atoms with Gasteiger partial charge in [0.2, 0.25) is 5.91 Å². The molecule has 100 valence electrons. The Kier molecular flexibility index (Phi) is 2.74. The number of nitrogens with one attached hydrogen (secondary N) is 1. The van der Waals surface area contributed by atoms with Gasteiger partial charge in [0.1, 0.15) is 0 Å². The van der Waals surface area contributed by atoms with E-state index in [0.29, 0.717) is 4.70 Å². The summed E-state index contributed by atoms with van der Waals surface area (Å²) < 4.78 is 38.8. The summed E-state index contributed by atoms with van der Waals surface area (Å²) in [4.78, 5) is 15.5. The van der Waals surface area contributed by atoms with Gasteiger partial charge in [0.05, 0.1) is 15.8 Å². The Labute approximate surface area is 110 Å². The summed E-state index contributed by atoms with van der Waals surface area (Å²) in [5, 5.41) is 2.80. The predicted octanol–water partition coefficient (Wildman–Crippen LogP) is 3.66. The van der Waals surface area contributed by atoms with E-state index in [9.17, 15) is 18.0 Å². The van der Waals surface area contributed by atoms with Crippen LogP contribution in [-0.2, 0) is 11.0 Å². The number of hydrogen-bond donors (Lipinski definition) is 1. The number of alkyl halides is 3. The van der Waals surface area contributed by atoms with E-state index in [-0.39, 0.29) is 22.5 Å². The zero-order valence-corrected chi connectivity index (χ0v) is 10.4. The quantitative estimate of drug-likeness (QED) is 0.915. The predicted molar refractivity (Wildman–Crippen MR) is 66.0 cm³/mol. The number of hydrogen-bond acceptors (Lipinski definition) is 3. The molecule has 1 aromatic heterocycles. The second kappa shape index (κ2) is 4.19. The highest BCUT2D eigenvalue weighted by atomic mass is 32.1. The Morgan fingerprint density at radius 1 is 1.37 bits per heavy atom. The highest BCUT2D eigenvalue weighted by Gasteiger charge is 2.34. The van der Waals surface area contributed by atoms with Gasteiger partial charge >= 0.3 is 6.18 Å².